The van der Waals surface area contributed by atoms with Crippen LogP contribution in [0.4, 0.5) is 5.69 Å². The van der Waals surface area contributed by atoms with Crippen LogP contribution in [-0.2, 0) is 16.1 Å². The number of benzene rings is 1. The van der Waals surface area contributed by atoms with Crippen molar-refractivity contribution in [2.75, 3.05) is 11.9 Å². The largest absolute Gasteiger partial charge is 0.354 e. The van der Waals surface area contributed by atoms with Gasteiger partial charge in [0.25, 0.3) is 0 Å². The second-order valence-electron chi connectivity index (χ2n) is 7.38. The lowest BCUT2D eigenvalue weighted by molar-refractivity contribution is -0.126. The summed E-state index contributed by atoms with van der Waals surface area (Å²) in [5, 5.41) is 12.4. The van der Waals surface area contributed by atoms with Crippen molar-refractivity contribution in [2.24, 2.45) is 0 Å². The van der Waals surface area contributed by atoms with Gasteiger partial charge < -0.3 is 10.6 Å². The molecule has 0 spiro atoms. The number of rotatable bonds is 6. The highest BCUT2D eigenvalue weighted by molar-refractivity contribution is 7.13. The molecule has 1 atom stereocenters. The van der Waals surface area contributed by atoms with E-state index in [-0.39, 0.29) is 18.2 Å². The van der Waals surface area contributed by atoms with E-state index < -0.39 is 5.92 Å². The zero-order valence-electron chi connectivity index (χ0n) is 17.1. The van der Waals surface area contributed by atoms with Crippen molar-refractivity contribution in [3.8, 4) is 21.8 Å². The van der Waals surface area contributed by atoms with Crippen molar-refractivity contribution >= 4 is 28.8 Å². The van der Waals surface area contributed by atoms with E-state index >= 15 is 0 Å². The van der Waals surface area contributed by atoms with Crippen LogP contribution < -0.4 is 10.6 Å². The highest BCUT2D eigenvalue weighted by Gasteiger charge is 2.30. The molecule has 0 saturated carbocycles. The first-order valence-corrected chi connectivity index (χ1v) is 11.1. The maximum absolute atomic E-state index is 12.9. The third kappa shape index (κ3) is 3.90. The minimum atomic E-state index is -0.496. The van der Waals surface area contributed by atoms with Crippen LogP contribution in [0.15, 0.2) is 66.6 Å². The molecule has 0 saturated heterocycles. The number of fused-ring (bicyclic) bond motifs is 1. The highest BCUT2D eigenvalue weighted by Crippen LogP contribution is 2.34. The highest BCUT2D eigenvalue weighted by atomic mass is 32.1. The van der Waals surface area contributed by atoms with Crippen LogP contribution in [0.3, 0.4) is 0 Å². The molecule has 1 unspecified atom stereocenters. The summed E-state index contributed by atoms with van der Waals surface area (Å²) < 4.78 is 1.87. The number of hydrogen-bond acceptors (Lipinski definition) is 6. The van der Waals surface area contributed by atoms with Crippen molar-refractivity contribution in [3.63, 3.8) is 0 Å². The second-order valence-corrected chi connectivity index (χ2v) is 8.33. The summed E-state index contributed by atoms with van der Waals surface area (Å²) in [6, 6.07) is 11.4. The van der Waals surface area contributed by atoms with Gasteiger partial charge in [-0.05, 0) is 23.1 Å². The SMILES string of the molecule is O=C1CC(C(=O)NCCn2ncc(-c3cnccn3)c2-c2cccs2)c2ccccc2N1. The monoisotopic (exact) mass is 444 g/mol. The van der Waals surface area contributed by atoms with Gasteiger partial charge in [0.2, 0.25) is 11.8 Å². The minimum absolute atomic E-state index is 0.141. The Balaban J connectivity index is 1.33. The molecular formula is C23H20N6O2S. The Bertz CT molecular complexity index is 1250. The lowest BCUT2D eigenvalue weighted by Crippen LogP contribution is -2.36. The predicted octanol–water partition coefficient (Wildman–Crippen LogP) is 3.31. The summed E-state index contributed by atoms with van der Waals surface area (Å²) in [5.41, 5.74) is 4.12. The van der Waals surface area contributed by atoms with Gasteiger partial charge in [0, 0.05) is 36.6 Å². The molecule has 9 heteroatoms. The molecule has 0 bridgehead atoms. The van der Waals surface area contributed by atoms with E-state index in [2.05, 4.69) is 25.7 Å². The van der Waals surface area contributed by atoms with Gasteiger partial charge in [-0.3, -0.25) is 24.2 Å². The molecular weight excluding hydrogens is 424 g/mol. The number of amides is 2. The number of anilines is 1. The molecule has 4 heterocycles. The van der Waals surface area contributed by atoms with E-state index in [1.807, 2.05) is 46.5 Å². The Hall–Kier alpha value is -3.85. The van der Waals surface area contributed by atoms with Gasteiger partial charge in [-0.2, -0.15) is 5.10 Å². The van der Waals surface area contributed by atoms with Gasteiger partial charge >= 0.3 is 0 Å². The number of aromatic nitrogens is 4. The number of carbonyl (C=O) groups excluding carboxylic acids is 2. The van der Waals surface area contributed by atoms with Gasteiger partial charge in [0.15, 0.2) is 0 Å². The minimum Gasteiger partial charge on any atom is -0.354 e. The van der Waals surface area contributed by atoms with E-state index in [4.69, 9.17) is 0 Å². The van der Waals surface area contributed by atoms with Crippen LogP contribution in [0, 0.1) is 0 Å². The van der Waals surface area contributed by atoms with Crippen LogP contribution in [0.1, 0.15) is 17.9 Å². The fraction of sp³-hybridized carbons (Fsp3) is 0.174. The summed E-state index contributed by atoms with van der Waals surface area (Å²) in [5.74, 6) is -0.805. The van der Waals surface area contributed by atoms with Crippen molar-refractivity contribution < 1.29 is 9.59 Å². The molecule has 8 nitrogen and oxygen atoms in total. The standard InChI is InChI=1S/C23H20N6O2S/c30-21-12-16(15-4-1-2-5-18(15)28-21)23(31)26-9-10-29-22(20-6-3-11-32-20)17(13-27-29)19-14-24-7-8-25-19/h1-8,11,13-14,16H,9-10,12H2,(H,26,31)(H,28,30). The Morgan fingerprint density at radius 2 is 2.09 bits per heavy atom. The molecule has 5 rings (SSSR count). The summed E-state index contributed by atoms with van der Waals surface area (Å²) in [7, 11) is 0. The maximum atomic E-state index is 12.9. The van der Waals surface area contributed by atoms with Crippen molar-refractivity contribution in [3.05, 3.63) is 72.1 Å². The van der Waals surface area contributed by atoms with Crippen LogP contribution >= 0.6 is 11.3 Å². The maximum Gasteiger partial charge on any atom is 0.228 e. The Morgan fingerprint density at radius 3 is 2.91 bits per heavy atom. The zero-order valence-corrected chi connectivity index (χ0v) is 17.9. The van der Waals surface area contributed by atoms with Crippen molar-refractivity contribution in [2.45, 2.75) is 18.9 Å². The van der Waals surface area contributed by atoms with E-state index in [9.17, 15) is 9.59 Å². The number of para-hydroxylation sites is 1. The van der Waals surface area contributed by atoms with Gasteiger partial charge in [0.05, 0.1) is 41.1 Å². The molecule has 32 heavy (non-hydrogen) atoms. The number of nitrogens with zero attached hydrogens (tertiary/aromatic N) is 4. The van der Waals surface area contributed by atoms with Gasteiger partial charge in [-0.15, -0.1) is 11.3 Å². The Morgan fingerprint density at radius 1 is 1.19 bits per heavy atom. The van der Waals surface area contributed by atoms with Gasteiger partial charge in [-0.1, -0.05) is 24.3 Å². The fourth-order valence-electron chi connectivity index (χ4n) is 3.91. The molecule has 0 radical (unpaired) electrons. The molecule has 160 valence electrons. The third-order valence-corrected chi connectivity index (χ3v) is 6.25. The predicted molar refractivity (Wildman–Crippen MR) is 122 cm³/mol. The first-order valence-electron chi connectivity index (χ1n) is 10.2. The van der Waals surface area contributed by atoms with Gasteiger partial charge in [0.1, 0.15) is 0 Å². The number of nitrogens with one attached hydrogen (secondary N) is 2. The van der Waals surface area contributed by atoms with E-state index in [0.29, 0.717) is 18.8 Å². The summed E-state index contributed by atoms with van der Waals surface area (Å²) in [6.07, 6.45) is 6.93. The van der Waals surface area contributed by atoms with E-state index in [0.717, 1.165) is 27.4 Å². The zero-order chi connectivity index (χ0) is 21.9. The molecule has 0 aliphatic carbocycles. The Labute approximate surface area is 188 Å². The summed E-state index contributed by atoms with van der Waals surface area (Å²) >= 11 is 1.62. The third-order valence-electron chi connectivity index (χ3n) is 5.37. The molecule has 1 aromatic carbocycles. The normalized spacial score (nSPS) is 15.1. The average molecular weight is 445 g/mol. The van der Waals surface area contributed by atoms with E-state index in [1.165, 1.54) is 0 Å². The molecule has 2 amide bonds. The van der Waals surface area contributed by atoms with Crippen molar-refractivity contribution in [1.29, 1.82) is 0 Å². The summed E-state index contributed by atoms with van der Waals surface area (Å²) in [6.45, 7) is 0.874. The smallest absolute Gasteiger partial charge is 0.228 e. The first-order chi connectivity index (χ1) is 15.7. The molecule has 1 aliphatic heterocycles. The first kappa shape index (κ1) is 20.1. The van der Waals surface area contributed by atoms with Gasteiger partial charge in [-0.25, -0.2) is 0 Å². The van der Waals surface area contributed by atoms with Crippen molar-refractivity contribution in [1.82, 2.24) is 25.1 Å². The Kier molecular flexibility index (Phi) is 5.47. The van der Waals surface area contributed by atoms with Crippen LogP contribution in [0.25, 0.3) is 21.8 Å². The lowest BCUT2D eigenvalue weighted by Gasteiger charge is -2.24. The molecule has 0 fully saturated rings. The lowest BCUT2D eigenvalue weighted by atomic mass is 9.90. The topological polar surface area (TPSA) is 102 Å². The molecule has 3 aromatic heterocycles. The number of hydrogen-bond donors (Lipinski definition) is 2. The molecule has 4 aromatic rings. The van der Waals surface area contributed by atoms with E-state index in [1.54, 1.807) is 36.1 Å². The average Bonchev–Trinajstić information content (AvgIpc) is 3.49. The molecule has 2 N–H and O–H groups in total. The number of carbonyl (C=O) groups is 2. The molecule has 1 aliphatic rings. The second kappa shape index (κ2) is 8.72. The summed E-state index contributed by atoms with van der Waals surface area (Å²) in [4.78, 5) is 34.6. The van der Waals surface area contributed by atoms with Crippen LogP contribution in [-0.4, -0.2) is 38.1 Å². The van der Waals surface area contributed by atoms with Crippen LogP contribution in [0.2, 0.25) is 0 Å². The quantitative estimate of drug-likeness (QED) is 0.475. The van der Waals surface area contributed by atoms with Crippen LogP contribution in [0.5, 0.6) is 0 Å². The fourth-order valence-corrected chi connectivity index (χ4v) is 4.70. The number of thiophene rings is 1.